The molecule has 1 amide bonds. The molecule has 1 atom stereocenters. The highest BCUT2D eigenvalue weighted by molar-refractivity contribution is 6.00. The molecule has 0 radical (unpaired) electrons. The van der Waals surface area contributed by atoms with Crippen LogP contribution in [0.1, 0.15) is 17.4 Å². The lowest BCUT2D eigenvalue weighted by Crippen LogP contribution is -2.40. The fraction of sp³-hybridized carbons (Fsp3) is 0.333. The number of morpholine rings is 1. The molecule has 192 valence electrons. The number of tetrazole rings is 1. The Morgan fingerprint density at radius 2 is 1.81 bits per heavy atom. The Hall–Kier alpha value is -4.02. The van der Waals surface area contributed by atoms with Crippen molar-refractivity contribution >= 4 is 28.2 Å². The summed E-state index contributed by atoms with van der Waals surface area (Å²) in [6.45, 7) is 3.33. The van der Waals surface area contributed by atoms with Gasteiger partial charge >= 0.3 is 6.09 Å². The molecule has 1 aliphatic rings. The van der Waals surface area contributed by atoms with Gasteiger partial charge in [-0.2, -0.15) is 0 Å². The fourth-order valence-corrected chi connectivity index (χ4v) is 4.59. The van der Waals surface area contributed by atoms with Gasteiger partial charge in [-0.05, 0) is 39.6 Å². The van der Waals surface area contributed by atoms with Crippen LogP contribution in [0.25, 0.3) is 10.8 Å². The first-order valence-corrected chi connectivity index (χ1v) is 12.4. The Kier molecular flexibility index (Phi) is 7.57. The SMILES string of the molecule is CN(C)c1ccc([C@@H](c2nnnn2CCOC(=O)Nc2cccc3ccccc23)N2CCOCC2)cc1. The van der Waals surface area contributed by atoms with Gasteiger partial charge in [0.15, 0.2) is 5.82 Å². The van der Waals surface area contributed by atoms with Gasteiger partial charge in [-0.25, -0.2) is 9.48 Å². The highest BCUT2D eigenvalue weighted by atomic mass is 16.5. The molecule has 0 saturated carbocycles. The van der Waals surface area contributed by atoms with Crippen molar-refractivity contribution in [2.45, 2.75) is 12.6 Å². The number of hydrogen-bond donors (Lipinski definition) is 1. The molecule has 1 saturated heterocycles. The minimum atomic E-state index is -0.519. The van der Waals surface area contributed by atoms with Crippen molar-refractivity contribution in [3.05, 3.63) is 78.1 Å². The van der Waals surface area contributed by atoms with Crippen molar-refractivity contribution in [3.63, 3.8) is 0 Å². The smallest absolute Gasteiger partial charge is 0.411 e. The summed E-state index contributed by atoms with van der Waals surface area (Å²) in [5, 5.41) is 17.4. The number of benzene rings is 3. The maximum absolute atomic E-state index is 12.5. The molecular formula is C27H31N7O3. The summed E-state index contributed by atoms with van der Waals surface area (Å²) in [6.07, 6.45) is -0.519. The average Bonchev–Trinajstić information content (AvgIpc) is 3.38. The summed E-state index contributed by atoms with van der Waals surface area (Å²) in [5.41, 5.74) is 2.92. The Morgan fingerprint density at radius 1 is 1.05 bits per heavy atom. The maximum Gasteiger partial charge on any atom is 0.411 e. The van der Waals surface area contributed by atoms with Gasteiger partial charge in [0.1, 0.15) is 6.61 Å². The fourth-order valence-electron chi connectivity index (χ4n) is 4.59. The van der Waals surface area contributed by atoms with Gasteiger partial charge in [0.2, 0.25) is 0 Å². The minimum absolute atomic E-state index is 0.129. The zero-order chi connectivity index (χ0) is 25.6. The van der Waals surface area contributed by atoms with Crippen LogP contribution in [0.5, 0.6) is 0 Å². The van der Waals surface area contributed by atoms with Gasteiger partial charge in [0.25, 0.3) is 0 Å². The van der Waals surface area contributed by atoms with Crippen LogP contribution >= 0.6 is 0 Å². The molecule has 37 heavy (non-hydrogen) atoms. The van der Waals surface area contributed by atoms with Gasteiger partial charge in [0, 0.05) is 38.3 Å². The van der Waals surface area contributed by atoms with E-state index >= 15 is 0 Å². The van der Waals surface area contributed by atoms with E-state index in [1.807, 2.05) is 56.6 Å². The number of carbonyl (C=O) groups excluding carboxylic acids is 1. The molecule has 5 rings (SSSR count). The Bertz CT molecular complexity index is 1330. The molecule has 0 unspecified atom stereocenters. The van der Waals surface area contributed by atoms with Crippen LogP contribution in [-0.4, -0.2) is 78.2 Å². The van der Waals surface area contributed by atoms with E-state index < -0.39 is 6.09 Å². The van der Waals surface area contributed by atoms with Crippen LogP contribution < -0.4 is 10.2 Å². The number of carbonyl (C=O) groups is 1. The molecule has 0 bridgehead atoms. The molecule has 2 heterocycles. The summed E-state index contributed by atoms with van der Waals surface area (Å²) in [7, 11) is 4.04. The molecule has 10 nitrogen and oxygen atoms in total. The zero-order valence-corrected chi connectivity index (χ0v) is 21.1. The minimum Gasteiger partial charge on any atom is -0.447 e. The second-order valence-electron chi connectivity index (χ2n) is 9.08. The first kappa shape index (κ1) is 24.7. The van der Waals surface area contributed by atoms with Crippen molar-refractivity contribution in [1.29, 1.82) is 0 Å². The lowest BCUT2D eigenvalue weighted by molar-refractivity contribution is 0.0214. The predicted octanol–water partition coefficient (Wildman–Crippen LogP) is 3.56. The number of fused-ring (bicyclic) bond motifs is 1. The quantitative estimate of drug-likeness (QED) is 0.391. The van der Waals surface area contributed by atoms with E-state index in [0.717, 1.165) is 35.1 Å². The number of nitrogens with zero attached hydrogens (tertiary/aromatic N) is 6. The maximum atomic E-state index is 12.5. The number of ether oxygens (including phenoxy) is 2. The topological polar surface area (TPSA) is 97.6 Å². The number of anilines is 2. The Balaban J connectivity index is 1.28. The van der Waals surface area contributed by atoms with Crippen molar-refractivity contribution < 1.29 is 14.3 Å². The largest absolute Gasteiger partial charge is 0.447 e. The summed E-state index contributed by atoms with van der Waals surface area (Å²) in [5.74, 6) is 0.706. The Labute approximate surface area is 215 Å². The number of rotatable bonds is 8. The predicted molar refractivity (Wildman–Crippen MR) is 142 cm³/mol. The second kappa shape index (κ2) is 11.4. The van der Waals surface area contributed by atoms with E-state index in [1.165, 1.54) is 0 Å². The molecule has 10 heteroatoms. The average molecular weight is 502 g/mol. The lowest BCUT2D eigenvalue weighted by atomic mass is 10.0. The molecule has 1 aliphatic heterocycles. The molecule has 0 spiro atoms. The highest BCUT2D eigenvalue weighted by Gasteiger charge is 2.29. The van der Waals surface area contributed by atoms with Gasteiger partial charge in [0.05, 0.1) is 31.5 Å². The molecule has 1 aromatic heterocycles. The zero-order valence-electron chi connectivity index (χ0n) is 21.1. The summed E-state index contributed by atoms with van der Waals surface area (Å²) in [6, 6.07) is 21.9. The van der Waals surface area contributed by atoms with E-state index in [2.05, 4.69) is 54.9 Å². The van der Waals surface area contributed by atoms with Crippen LogP contribution in [-0.2, 0) is 16.0 Å². The first-order chi connectivity index (χ1) is 18.1. The van der Waals surface area contributed by atoms with E-state index in [4.69, 9.17) is 9.47 Å². The van der Waals surface area contributed by atoms with Crippen molar-refractivity contribution in [1.82, 2.24) is 25.1 Å². The van der Waals surface area contributed by atoms with Crippen molar-refractivity contribution in [2.75, 3.05) is 57.2 Å². The number of nitrogens with one attached hydrogen (secondary N) is 1. The van der Waals surface area contributed by atoms with E-state index in [1.54, 1.807) is 4.68 Å². The third-order valence-electron chi connectivity index (χ3n) is 6.50. The van der Waals surface area contributed by atoms with Crippen LogP contribution in [0, 0.1) is 0 Å². The van der Waals surface area contributed by atoms with Gasteiger partial charge in [-0.3, -0.25) is 10.2 Å². The van der Waals surface area contributed by atoms with E-state index in [0.29, 0.717) is 31.3 Å². The number of hydrogen-bond acceptors (Lipinski definition) is 8. The van der Waals surface area contributed by atoms with E-state index in [9.17, 15) is 4.79 Å². The Morgan fingerprint density at radius 3 is 2.59 bits per heavy atom. The molecule has 1 fully saturated rings. The third kappa shape index (κ3) is 5.71. The van der Waals surface area contributed by atoms with Crippen LogP contribution in [0.4, 0.5) is 16.2 Å². The van der Waals surface area contributed by atoms with Gasteiger partial charge in [-0.1, -0.05) is 48.5 Å². The number of amides is 1. The lowest BCUT2D eigenvalue weighted by Gasteiger charge is -2.34. The molecule has 3 aromatic carbocycles. The number of aromatic nitrogens is 4. The van der Waals surface area contributed by atoms with E-state index in [-0.39, 0.29) is 12.6 Å². The first-order valence-electron chi connectivity index (χ1n) is 12.4. The van der Waals surface area contributed by atoms with Crippen molar-refractivity contribution in [3.8, 4) is 0 Å². The standard InChI is InChI=1S/C27H31N7O3/c1-32(2)22-12-10-21(11-13-22)25(33-14-17-36-18-15-33)26-29-30-31-34(26)16-19-37-27(35)28-24-9-5-7-20-6-3-4-8-23(20)24/h3-13,25H,14-19H2,1-2H3,(H,28,35)/t25-/m0/s1. The molecule has 1 N–H and O–H groups in total. The van der Waals surface area contributed by atoms with Gasteiger partial charge < -0.3 is 14.4 Å². The van der Waals surface area contributed by atoms with Gasteiger partial charge in [-0.15, -0.1) is 5.10 Å². The second-order valence-corrected chi connectivity index (χ2v) is 9.08. The highest BCUT2D eigenvalue weighted by Crippen LogP contribution is 2.29. The normalized spacial score (nSPS) is 14.9. The summed E-state index contributed by atoms with van der Waals surface area (Å²) < 4.78 is 12.8. The molecule has 4 aromatic rings. The monoisotopic (exact) mass is 501 g/mol. The van der Waals surface area contributed by atoms with Crippen LogP contribution in [0.3, 0.4) is 0 Å². The summed E-state index contributed by atoms with van der Waals surface area (Å²) in [4.78, 5) is 16.9. The molecular weight excluding hydrogens is 470 g/mol. The summed E-state index contributed by atoms with van der Waals surface area (Å²) >= 11 is 0. The van der Waals surface area contributed by atoms with Crippen LogP contribution in [0.15, 0.2) is 66.7 Å². The van der Waals surface area contributed by atoms with Crippen LogP contribution in [0.2, 0.25) is 0 Å². The van der Waals surface area contributed by atoms with Crippen molar-refractivity contribution in [2.24, 2.45) is 0 Å². The molecule has 0 aliphatic carbocycles. The third-order valence-corrected chi connectivity index (χ3v) is 6.50.